The van der Waals surface area contributed by atoms with Crippen molar-refractivity contribution in [2.75, 3.05) is 6.54 Å². The summed E-state index contributed by atoms with van der Waals surface area (Å²) in [5.74, 6) is 0.352. The van der Waals surface area contributed by atoms with E-state index in [1.807, 2.05) is 13.8 Å². The molecule has 0 aliphatic carbocycles. The van der Waals surface area contributed by atoms with E-state index in [0.717, 1.165) is 12.1 Å². The molecule has 0 spiro atoms. The Labute approximate surface area is 111 Å². The molecule has 18 heavy (non-hydrogen) atoms. The summed E-state index contributed by atoms with van der Waals surface area (Å²) in [6.45, 7) is 10.9. The average molecular weight is 247 g/mol. The molecule has 2 nitrogen and oxygen atoms in total. The first kappa shape index (κ1) is 14.9. The second-order valence-electron chi connectivity index (χ2n) is 5.58. The molecule has 1 N–H and O–H groups in total. The normalized spacial score (nSPS) is 13.1. The summed E-state index contributed by atoms with van der Waals surface area (Å²) in [6, 6.07) is 8.69. The molecule has 0 heterocycles. The number of hydrogen-bond donors (Lipinski definition) is 1. The fourth-order valence-electron chi connectivity index (χ4n) is 1.94. The van der Waals surface area contributed by atoms with Gasteiger partial charge in [0.15, 0.2) is 0 Å². The summed E-state index contributed by atoms with van der Waals surface area (Å²) in [5, 5.41) is 3.37. The van der Waals surface area contributed by atoms with Gasteiger partial charge in [0.2, 0.25) is 0 Å². The largest absolute Gasteiger partial charge is 0.313 e. The number of benzene rings is 1. The molecule has 2 heteroatoms. The number of carbonyl (C=O) groups is 1. The lowest BCUT2D eigenvalue weighted by Crippen LogP contribution is -2.33. The number of Topliss-reactive ketones (excluding diaryl/α,β-unsaturated/α-hetero) is 1. The molecule has 0 bridgehead atoms. The van der Waals surface area contributed by atoms with E-state index in [1.54, 1.807) is 0 Å². The molecule has 0 saturated carbocycles. The summed E-state index contributed by atoms with van der Waals surface area (Å²) in [4.78, 5) is 12.3. The van der Waals surface area contributed by atoms with Gasteiger partial charge in [-0.25, -0.2) is 0 Å². The molecular weight excluding hydrogens is 222 g/mol. The molecule has 0 aliphatic rings. The van der Waals surface area contributed by atoms with Crippen LogP contribution in [-0.4, -0.2) is 18.4 Å². The van der Waals surface area contributed by atoms with Crippen LogP contribution in [0, 0.1) is 12.8 Å². The molecule has 0 radical (unpaired) electrons. The standard InChI is InChI=1S/C16H25NO/c1-11(2)16(18)15(10-17-12(3)4)14-8-6-13(5)7-9-14/h6-9,11-12,15,17H,10H2,1-5H3/t15-/m1/s1. The smallest absolute Gasteiger partial charge is 0.144 e. The Morgan fingerprint density at radius 2 is 1.67 bits per heavy atom. The van der Waals surface area contributed by atoms with E-state index >= 15 is 0 Å². The molecule has 0 aromatic heterocycles. The van der Waals surface area contributed by atoms with Crippen LogP contribution in [0.5, 0.6) is 0 Å². The van der Waals surface area contributed by atoms with E-state index in [0.29, 0.717) is 11.8 Å². The molecule has 1 aromatic rings. The van der Waals surface area contributed by atoms with E-state index in [-0.39, 0.29) is 11.8 Å². The van der Waals surface area contributed by atoms with E-state index in [4.69, 9.17) is 0 Å². The third-order valence-corrected chi connectivity index (χ3v) is 3.12. The summed E-state index contributed by atoms with van der Waals surface area (Å²) in [5.41, 5.74) is 2.35. The maximum atomic E-state index is 12.3. The summed E-state index contributed by atoms with van der Waals surface area (Å²) >= 11 is 0. The van der Waals surface area contributed by atoms with Crippen LogP contribution >= 0.6 is 0 Å². The zero-order valence-corrected chi connectivity index (χ0v) is 12.2. The molecule has 1 atom stereocenters. The van der Waals surface area contributed by atoms with E-state index in [2.05, 4.69) is 50.4 Å². The minimum absolute atomic E-state index is 0.0343. The Morgan fingerprint density at radius 3 is 2.11 bits per heavy atom. The second kappa shape index (κ2) is 6.69. The number of ketones is 1. The minimum Gasteiger partial charge on any atom is -0.313 e. The molecule has 0 aliphatic heterocycles. The van der Waals surface area contributed by atoms with Crippen LogP contribution in [0.15, 0.2) is 24.3 Å². The zero-order valence-electron chi connectivity index (χ0n) is 12.2. The zero-order chi connectivity index (χ0) is 13.7. The maximum Gasteiger partial charge on any atom is 0.144 e. The van der Waals surface area contributed by atoms with Crippen LogP contribution < -0.4 is 5.32 Å². The lowest BCUT2D eigenvalue weighted by atomic mass is 9.88. The van der Waals surface area contributed by atoms with Crippen molar-refractivity contribution in [1.29, 1.82) is 0 Å². The van der Waals surface area contributed by atoms with Crippen LogP contribution in [0.2, 0.25) is 0 Å². The van der Waals surface area contributed by atoms with E-state index < -0.39 is 0 Å². The van der Waals surface area contributed by atoms with E-state index in [9.17, 15) is 4.79 Å². The first-order valence-electron chi connectivity index (χ1n) is 6.75. The number of aryl methyl sites for hydroxylation is 1. The Balaban J connectivity index is 2.89. The van der Waals surface area contributed by atoms with Crippen LogP contribution in [-0.2, 0) is 4.79 Å². The molecular formula is C16H25NO. The van der Waals surface area contributed by atoms with Crippen LogP contribution in [0.3, 0.4) is 0 Å². The van der Waals surface area contributed by atoms with E-state index in [1.165, 1.54) is 5.56 Å². The van der Waals surface area contributed by atoms with Gasteiger partial charge in [0.1, 0.15) is 5.78 Å². The molecule has 0 unspecified atom stereocenters. The lowest BCUT2D eigenvalue weighted by Gasteiger charge is -2.20. The van der Waals surface area contributed by atoms with Gasteiger partial charge in [-0.1, -0.05) is 57.5 Å². The Hall–Kier alpha value is -1.15. The Kier molecular flexibility index (Phi) is 5.54. The van der Waals surface area contributed by atoms with Crippen molar-refractivity contribution in [2.45, 2.75) is 46.6 Å². The minimum atomic E-state index is -0.0343. The van der Waals surface area contributed by atoms with Gasteiger partial charge in [-0.2, -0.15) is 0 Å². The average Bonchev–Trinajstić information content (AvgIpc) is 2.30. The van der Waals surface area contributed by atoms with Crippen molar-refractivity contribution in [3.05, 3.63) is 35.4 Å². The predicted octanol–water partition coefficient (Wildman–Crippen LogP) is 3.30. The fraction of sp³-hybridized carbons (Fsp3) is 0.562. The monoisotopic (exact) mass is 247 g/mol. The predicted molar refractivity (Wildman–Crippen MR) is 76.9 cm³/mol. The highest BCUT2D eigenvalue weighted by Crippen LogP contribution is 2.20. The number of rotatable bonds is 6. The summed E-state index contributed by atoms with van der Waals surface area (Å²) in [6.07, 6.45) is 0. The highest BCUT2D eigenvalue weighted by molar-refractivity contribution is 5.87. The molecule has 0 saturated heterocycles. The quantitative estimate of drug-likeness (QED) is 0.835. The van der Waals surface area contributed by atoms with Crippen molar-refractivity contribution in [3.63, 3.8) is 0 Å². The third-order valence-electron chi connectivity index (χ3n) is 3.12. The van der Waals surface area contributed by atoms with Gasteiger partial charge in [0, 0.05) is 18.5 Å². The van der Waals surface area contributed by atoms with Gasteiger partial charge in [-0.3, -0.25) is 4.79 Å². The van der Waals surface area contributed by atoms with Crippen molar-refractivity contribution in [1.82, 2.24) is 5.32 Å². The fourth-order valence-corrected chi connectivity index (χ4v) is 1.94. The van der Waals surface area contributed by atoms with Crippen molar-refractivity contribution >= 4 is 5.78 Å². The number of carbonyl (C=O) groups excluding carboxylic acids is 1. The molecule has 1 aromatic carbocycles. The highest BCUT2D eigenvalue weighted by atomic mass is 16.1. The lowest BCUT2D eigenvalue weighted by molar-refractivity contribution is -0.123. The first-order chi connectivity index (χ1) is 8.41. The van der Waals surface area contributed by atoms with Crippen LogP contribution in [0.25, 0.3) is 0 Å². The van der Waals surface area contributed by atoms with Gasteiger partial charge >= 0.3 is 0 Å². The number of hydrogen-bond acceptors (Lipinski definition) is 2. The van der Waals surface area contributed by atoms with Crippen LogP contribution in [0.1, 0.15) is 44.7 Å². The SMILES string of the molecule is Cc1ccc([C@@H](CNC(C)C)C(=O)C(C)C)cc1. The molecule has 0 amide bonds. The second-order valence-corrected chi connectivity index (χ2v) is 5.58. The Bertz CT molecular complexity index is 379. The topological polar surface area (TPSA) is 29.1 Å². The van der Waals surface area contributed by atoms with Crippen LogP contribution in [0.4, 0.5) is 0 Å². The number of nitrogens with one attached hydrogen (secondary N) is 1. The summed E-state index contributed by atoms with van der Waals surface area (Å²) in [7, 11) is 0. The van der Waals surface area contributed by atoms with Crippen molar-refractivity contribution in [2.24, 2.45) is 5.92 Å². The van der Waals surface area contributed by atoms with Crippen molar-refractivity contribution in [3.8, 4) is 0 Å². The Morgan fingerprint density at radius 1 is 1.11 bits per heavy atom. The summed E-state index contributed by atoms with van der Waals surface area (Å²) < 4.78 is 0. The van der Waals surface area contributed by atoms with Gasteiger partial charge in [0.25, 0.3) is 0 Å². The molecule has 100 valence electrons. The third kappa shape index (κ3) is 4.26. The molecule has 1 rings (SSSR count). The van der Waals surface area contributed by atoms with Gasteiger partial charge < -0.3 is 5.32 Å². The first-order valence-corrected chi connectivity index (χ1v) is 6.75. The van der Waals surface area contributed by atoms with Gasteiger partial charge in [-0.15, -0.1) is 0 Å². The van der Waals surface area contributed by atoms with Gasteiger partial charge in [-0.05, 0) is 12.5 Å². The maximum absolute atomic E-state index is 12.3. The van der Waals surface area contributed by atoms with Gasteiger partial charge in [0.05, 0.1) is 5.92 Å². The highest BCUT2D eigenvalue weighted by Gasteiger charge is 2.22. The van der Waals surface area contributed by atoms with Crippen molar-refractivity contribution < 1.29 is 4.79 Å². The molecule has 0 fully saturated rings.